The van der Waals surface area contributed by atoms with Gasteiger partial charge >= 0.3 is 0 Å². The lowest BCUT2D eigenvalue weighted by molar-refractivity contribution is -0.115. The average Bonchev–Trinajstić information content (AvgIpc) is 3.11. The average molecular weight is 286 g/mol. The molecule has 3 rings (SSSR count). The van der Waals surface area contributed by atoms with Crippen LogP contribution in [0.15, 0.2) is 41.8 Å². The molecule has 1 saturated carbocycles. The Morgan fingerprint density at radius 2 is 2.05 bits per heavy atom. The Balaban J connectivity index is 1.62. The van der Waals surface area contributed by atoms with Crippen LogP contribution in [0.25, 0.3) is 10.4 Å². The van der Waals surface area contributed by atoms with Crippen LogP contribution < -0.4 is 10.6 Å². The number of hydrogen-bond acceptors (Lipinski definition) is 3. The van der Waals surface area contributed by atoms with Crippen molar-refractivity contribution in [1.29, 1.82) is 0 Å². The van der Waals surface area contributed by atoms with E-state index in [0.717, 1.165) is 23.7 Å². The molecule has 0 atom stereocenters. The Kier molecular flexibility index (Phi) is 4.14. The fourth-order valence-corrected chi connectivity index (χ4v) is 2.91. The van der Waals surface area contributed by atoms with Gasteiger partial charge < -0.3 is 10.6 Å². The summed E-state index contributed by atoms with van der Waals surface area (Å²) in [7, 11) is 0. The zero-order valence-corrected chi connectivity index (χ0v) is 12.1. The highest BCUT2D eigenvalue weighted by Crippen LogP contribution is 2.31. The molecule has 3 nitrogen and oxygen atoms in total. The molecule has 0 saturated heterocycles. The van der Waals surface area contributed by atoms with Gasteiger partial charge in [-0.2, -0.15) is 0 Å². The number of para-hydroxylation sites is 1. The Morgan fingerprint density at radius 1 is 1.20 bits per heavy atom. The molecule has 2 aromatic rings. The van der Waals surface area contributed by atoms with E-state index in [2.05, 4.69) is 16.7 Å². The highest BCUT2D eigenvalue weighted by molar-refractivity contribution is 7.13. The molecule has 1 heterocycles. The third-order valence-electron chi connectivity index (χ3n) is 3.40. The Hall–Kier alpha value is -1.65. The molecule has 0 spiro atoms. The first-order valence-corrected chi connectivity index (χ1v) is 7.84. The monoisotopic (exact) mass is 286 g/mol. The second-order valence-corrected chi connectivity index (χ2v) is 6.09. The zero-order valence-electron chi connectivity index (χ0n) is 11.3. The lowest BCUT2D eigenvalue weighted by Gasteiger charge is -2.10. The van der Waals surface area contributed by atoms with Crippen LogP contribution in [0, 0.1) is 5.92 Å². The van der Waals surface area contributed by atoms with Crippen LogP contribution in [0.5, 0.6) is 0 Å². The van der Waals surface area contributed by atoms with Gasteiger partial charge in [-0.1, -0.05) is 24.3 Å². The molecule has 104 valence electrons. The van der Waals surface area contributed by atoms with Gasteiger partial charge in [0.2, 0.25) is 5.91 Å². The summed E-state index contributed by atoms with van der Waals surface area (Å²) in [5, 5.41) is 8.26. The maximum atomic E-state index is 12.0. The van der Waals surface area contributed by atoms with E-state index in [1.807, 2.05) is 35.7 Å². The van der Waals surface area contributed by atoms with Gasteiger partial charge in [-0.25, -0.2) is 0 Å². The van der Waals surface area contributed by atoms with Crippen molar-refractivity contribution < 1.29 is 4.79 Å². The number of anilines is 1. The minimum atomic E-state index is 0.0228. The predicted molar refractivity (Wildman–Crippen MR) is 84.0 cm³/mol. The standard InChI is InChI=1S/C16H18N2OS/c19-16(11-17-10-12-7-8-12)18-14-5-2-1-4-13(14)15-6-3-9-20-15/h1-6,9,12,17H,7-8,10-11H2,(H,18,19). The molecule has 2 N–H and O–H groups in total. The third kappa shape index (κ3) is 3.46. The summed E-state index contributed by atoms with van der Waals surface area (Å²) in [5.74, 6) is 0.816. The third-order valence-corrected chi connectivity index (χ3v) is 4.31. The van der Waals surface area contributed by atoms with Crippen molar-refractivity contribution in [3.63, 3.8) is 0 Å². The Morgan fingerprint density at radius 3 is 2.80 bits per heavy atom. The first-order chi connectivity index (χ1) is 9.83. The summed E-state index contributed by atoms with van der Waals surface area (Å²) < 4.78 is 0. The molecule has 4 heteroatoms. The zero-order chi connectivity index (χ0) is 13.8. The highest BCUT2D eigenvalue weighted by atomic mass is 32.1. The number of nitrogens with one attached hydrogen (secondary N) is 2. The molecule has 1 fully saturated rings. The van der Waals surface area contributed by atoms with Crippen LogP contribution in [0.4, 0.5) is 5.69 Å². The molecule has 0 radical (unpaired) electrons. The van der Waals surface area contributed by atoms with Crippen LogP contribution >= 0.6 is 11.3 Å². The summed E-state index contributed by atoms with van der Waals surface area (Å²) in [5.41, 5.74) is 1.96. The molecule has 1 aliphatic rings. The normalized spacial score (nSPS) is 14.2. The number of carbonyl (C=O) groups is 1. The van der Waals surface area contributed by atoms with Crippen LogP contribution in [0.3, 0.4) is 0 Å². The predicted octanol–water partition coefficient (Wildman–Crippen LogP) is 3.35. The van der Waals surface area contributed by atoms with Crippen molar-refractivity contribution in [2.24, 2.45) is 5.92 Å². The molecule has 1 aliphatic carbocycles. The summed E-state index contributed by atoms with van der Waals surface area (Å²) >= 11 is 1.68. The second-order valence-electron chi connectivity index (χ2n) is 5.15. The molecule has 20 heavy (non-hydrogen) atoms. The number of thiophene rings is 1. The van der Waals surface area contributed by atoms with E-state index in [1.54, 1.807) is 11.3 Å². The van der Waals surface area contributed by atoms with E-state index < -0.39 is 0 Å². The van der Waals surface area contributed by atoms with Gasteiger partial charge in [0, 0.05) is 16.1 Å². The number of carbonyl (C=O) groups excluding carboxylic acids is 1. The van der Waals surface area contributed by atoms with Crippen molar-refractivity contribution in [3.05, 3.63) is 41.8 Å². The molecule has 1 aromatic heterocycles. The second kappa shape index (κ2) is 6.20. The van der Waals surface area contributed by atoms with E-state index in [4.69, 9.17) is 0 Å². The number of rotatable bonds is 6. The van der Waals surface area contributed by atoms with E-state index in [0.29, 0.717) is 6.54 Å². The maximum Gasteiger partial charge on any atom is 0.238 e. The number of amides is 1. The molecule has 1 amide bonds. The topological polar surface area (TPSA) is 41.1 Å². The van der Waals surface area contributed by atoms with E-state index >= 15 is 0 Å². The van der Waals surface area contributed by atoms with Gasteiger partial charge in [-0.05, 0) is 42.8 Å². The molecule has 1 aromatic carbocycles. The van der Waals surface area contributed by atoms with Crippen LogP contribution in [0.2, 0.25) is 0 Å². The largest absolute Gasteiger partial charge is 0.324 e. The van der Waals surface area contributed by atoms with Crippen molar-refractivity contribution in [3.8, 4) is 10.4 Å². The maximum absolute atomic E-state index is 12.0. The fourth-order valence-electron chi connectivity index (χ4n) is 2.14. The van der Waals surface area contributed by atoms with Crippen LogP contribution in [-0.2, 0) is 4.79 Å². The SMILES string of the molecule is O=C(CNCC1CC1)Nc1ccccc1-c1cccs1. The number of hydrogen-bond donors (Lipinski definition) is 2. The fraction of sp³-hybridized carbons (Fsp3) is 0.312. The molecule has 0 aliphatic heterocycles. The summed E-state index contributed by atoms with van der Waals surface area (Å²) in [6, 6.07) is 12.0. The van der Waals surface area contributed by atoms with Crippen molar-refractivity contribution in [2.45, 2.75) is 12.8 Å². The molecule has 0 unspecified atom stereocenters. The molecular formula is C16H18N2OS. The van der Waals surface area contributed by atoms with Gasteiger partial charge in [0.05, 0.1) is 6.54 Å². The van der Waals surface area contributed by atoms with Crippen molar-refractivity contribution >= 4 is 22.9 Å². The molecule has 0 bridgehead atoms. The lowest BCUT2D eigenvalue weighted by Crippen LogP contribution is -2.29. The Bertz CT molecular complexity index is 576. The van der Waals surface area contributed by atoms with Crippen LogP contribution in [-0.4, -0.2) is 19.0 Å². The Labute approximate surface area is 123 Å². The minimum absolute atomic E-state index is 0.0228. The van der Waals surface area contributed by atoms with E-state index in [-0.39, 0.29) is 5.91 Å². The van der Waals surface area contributed by atoms with E-state index in [9.17, 15) is 4.79 Å². The van der Waals surface area contributed by atoms with Crippen molar-refractivity contribution in [1.82, 2.24) is 5.32 Å². The lowest BCUT2D eigenvalue weighted by atomic mass is 10.1. The summed E-state index contributed by atoms with van der Waals surface area (Å²) in [6.07, 6.45) is 2.60. The quantitative estimate of drug-likeness (QED) is 0.855. The first kappa shape index (κ1) is 13.3. The van der Waals surface area contributed by atoms with Gasteiger partial charge in [-0.15, -0.1) is 11.3 Å². The van der Waals surface area contributed by atoms with Gasteiger partial charge in [-0.3, -0.25) is 4.79 Å². The van der Waals surface area contributed by atoms with E-state index in [1.165, 1.54) is 17.7 Å². The van der Waals surface area contributed by atoms with Gasteiger partial charge in [0.1, 0.15) is 0 Å². The minimum Gasteiger partial charge on any atom is -0.324 e. The van der Waals surface area contributed by atoms with Gasteiger partial charge in [0.25, 0.3) is 0 Å². The first-order valence-electron chi connectivity index (χ1n) is 6.96. The number of benzene rings is 1. The highest BCUT2D eigenvalue weighted by Gasteiger charge is 2.20. The van der Waals surface area contributed by atoms with Crippen molar-refractivity contribution in [2.75, 3.05) is 18.4 Å². The smallest absolute Gasteiger partial charge is 0.238 e. The van der Waals surface area contributed by atoms with Crippen LogP contribution in [0.1, 0.15) is 12.8 Å². The summed E-state index contributed by atoms with van der Waals surface area (Å²) in [6.45, 7) is 1.34. The summed E-state index contributed by atoms with van der Waals surface area (Å²) in [4.78, 5) is 13.1. The molecular weight excluding hydrogens is 268 g/mol. The van der Waals surface area contributed by atoms with Gasteiger partial charge in [0.15, 0.2) is 0 Å².